The summed E-state index contributed by atoms with van der Waals surface area (Å²) in [6.07, 6.45) is 0. The second-order valence-corrected chi connectivity index (χ2v) is 7.31. The van der Waals surface area contributed by atoms with E-state index in [0.717, 1.165) is 11.1 Å². The van der Waals surface area contributed by atoms with Crippen LogP contribution in [0.1, 0.15) is 18.1 Å². The summed E-state index contributed by atoms with van der Waals surface area (Å²) in [6.45, 7) is 2.25. The van der Waals surface area contributed by atoms with Gasteiger partial charge in [0, 0.05) is 16.3 Å². The molecule has 1 N–H and O–H groups in total. The first-order valence-corrected chi connectivity index (χ1v) is 9.83. The van der Waals surface area contributed by atoms with Gasteiger partial charge < -0.3 is 0 Å². The van der Waals surface area contributed by atoms with Gasteiger partial charge in [-0.1, -0.05) is 54.1 Å². The van der Waals surface area contributed by atoms with Gasteiger partial charge in [0.05, 0.1) is 23.5 Å². The molecule has 0 aliphatic rings. The zero-order chi connectivity index (χ0) is 21.1. The monoisotopic (exact) mass is 419 g/mol. The minimum Gasteiger partial charge on any atom is -0.290 e. The minimum absolute atomic E-state index is 0.238. The molecule has 4 aromatic rings. The summed E-state index contributed by atoms with van der Waals surface area (Å²) in [5.74, 6) is -0.359. The molecule has 6 heteroatoms. The summed E-state index contributed by atoms with van der Waals surface area (Å²) in [7, 11) is 0. The molecule has 3 aromatic carbocycles. The van der Waals surface area contributed by atoms with E-state index in [1.165, 1.54) is 16.8 Å². The predicted octanol–water partition coefficient (Wildman–Crippen LogP) is 5.63. The Morgan fingerprint density at radius 1 is 1.00 bits per heavy atom. The van der Waals surface area contributed by atoms with Crippen molar-refractivity contribution in [2.24, 2.45) is 4.99 Å². The highest BCUT2D eigenvalue weighted by Gasteiger charge is 2.19. The highest BCUT2D eigenvalue weighted by atomic mass is 35.5. The Bertz CT molecular complexity index is 1240. The number of H-pyrrole nitrogens is 1. The SMILES string of the molecule is CC(=NCc1ccc(Cl)cc1)c1c(-c2ccccc2)[nH]n(-c2ccc(F)cc2)c1=O. The highest BCUT2D eigenvalue weighted by molar-refractivity contribution is 6.30. The second-order valence-electron chi connectivity index (χ2n) is 6.87. The third-order valence-corrected chi connectivity index (χ3v) is 5.06. The van der Waals surface area contributed by atoms with Crippen LogP contribution in [0.4, 0.5) is 4.39 Å². The largest absolute Gasteiger partial charge is 0.290 e. The van der Waals surface area contributed by atoms with Crippen LogP contribution >= 0.6 is 11.6 Å². The third kappa shape index (κ3) is 4.11. The van der Waals surface area contributed by atoms with Gasteiger partial charge in [0.25, 0.3) is 5.56 Å². The van der Waals surface area contributed by atoms with E-state index in [0.29, 0.717) is 34.2 Å². The van der Waals surface area contributed by atoms with Crippen LogP contribution in [-0.2, 0) is 6.54 Å². The zero-order valence-electron chi connectivity index (χ0n) is 16.3. The minimum atomic E-state index is -0.359. The number of rotatable bonds is 5. The molecule has 0 amide bonds. The van der Waals surface area contributed by atoms with Crippen molar-refractivity contribution in [2.75, 3.05) is 0 Å². The highest BCUT2D eigenvalue weighted by Crippen LogP contribution is 2.22. The van der Waals surface area contributed by atoms with E-state index in [4.69, 9.17) is 11.6 Å². The van der Waals surface area contributed by atoms with Crippen LogP contribution in [0.5, 0.6) is 0 Å². The van der Waals surface area contributed by atoms with Gasteiger partial charge in [-0.25, -0.2) is 9.07 Å². The van der Waals surface area contributed by atoms with E-state index in [1.807, 2.05) is 61.5 Å². The molecule has 0 saturated carbocycles. The topological polar surface area (TPSA) is 50.1 Å². The molecule has 1 aromatic heterocycles. The van der Waals surface area contributed by atoms with Gasteiger partial charge in [-0.3, -0.25) is 14.9 Å². The number of benzene rings is 3. The molecule has 0 aliphatic heterocycles. The van der Waals surface area contributed by atoms with Crippen molar-refractivity contribution in [3.05, 3.63) is 111 Å². The molecular weight excluding hydrogens is 401 g/mol. The summed E-state index contributed by atoms with van der Waals surface area (Å²) in [5, 5.41) is 3.84. The fraction of sp³-hybridized carbons (Fsp3) is 0.0833. The van der Waals surface area contributed by atoms with Crippen molar-refractivity contribution < 1.29 is 4.39 Å². The van der Waals surface area contributed by atoms with Gasteiger partial charge in [0.2, 0.25) is 0 Å². The average molecular weight is 420 g/mol. The van der Waals surface area contributed by atoms with Crippen molar-refractivity contribution in [3.63, 3.8) is 0 Å². The fourth-order valence-electron chi connectivity index (χ4n) is 3.24. The lowest BCUT2D eigenvalue weighted by Crippen LogP contribution is -2.19. The normalized spacial score (nSPS) is 11.6. The number of aromatic nitrogens is 2. The Hall–Kier alpha value is -3.44. The van der Waals surface area contributed by atoms with Gasteiger partial charge in [0.1, 0.15) is 5.82 Å². The van der Waals surface area contributed by atoms with Crippen LogP contribution in [-0.4, -0.2) is 15.5 Å². The van der Waals surface area contributed by atoms with E-state index in [2.05, 4.69) is 10.1 Å². The summed E-state index contributed by atoms with van der Waals surface area (Å²) >= 11 is 5.94. The van der Waals surface area contributed by atoms with Crippen molar-refractivity contribution in [1.82, 2.24) is 9.78 Å². The molecule has 0 unspecified atom stereocenters. The first kappa shape index (κ1) is 19.9. The number of nitrogens with one attached hydrogen (secondary N) is 1. The quantitative estimate of drug-likeness (QED) is 0.418. The zero-order valence-corrected chi connectivity index (χ0v) is 17.0. The predicted molar refractivity (Wildman–Crippen MR) is 119 cm³/mol. The third-order valence-electron chi connectivity index (χ3n) is 4.81. The van der Waals surface area contributed by atoms with Crippen LogP contribution in [0.15, 0.2) is 88.6 Å². The molecule has 0 saturated heterocycles. The van der Waals surface area contributed by atoms with Crippen LogP contribution in [0.3, 0.4) is 0 Å². The van der Waals surface area contributed by atoms with Crippen molar-refractivity contribution >= 4 is 17.3 Å². The number of nitrogens with zero attached hydrogens (tertiary/aromatic N) is 2. The van der Waals surface area contributed by atoms with Gasteiger partial charge in [-0.2, -0.15) is 0 Å². The first-order chi connectivity index (χ1) is 14.5. The summed E-state index contributed by atoms with van der Waals surface area (Å²) in [4.78, 5) is 17.9. The summed E-state index contributed by atoms with van der Waals surface area (Å²) in [5.41, 5.74) is 3.95. The van der Waals surface area contributed by atoms with Crippen molar-refractivity contribution in [1.29, 1.82) is 0 Å². The number of halogens is 2. The molecule has 4 nitrogen and oxygen atoms in total. The summed E-state index contributed by atoms with van der Waals surface area (Å²) < 4.78 is 14.8. The Morgan fingerprint density at radius 3 is 2.33 bits per heavy atom. The van der Waals surface area contributed by atoms with E-state index >= 15 is 0 Å². The van der Waals surface area contributed by atoms with Gasteiger partial charge in [-0.15, -0.1) is 0 Å². The maximum atomic E-state index is 13.3. The van der Waals surface area contributed by atoms with E-state index in [9.17, 15) is 9.18 Å². The van der Waals surface area contributed by atoms with Gasteiger partial charge >= 0.3 is 0 Å². The Labute approximate surface area is 178 Å². The smallest absolute Gasteiger partial charge is 0.280 e. The van der Waals surface area contributed by atoms with Crippen LogP contribution in [0.2, 0.25) is 5.02 Å². The number of hydrogen-bond acceptors (Lipinski definition) is 2. The second kappa shape index (κ2) is 8.51. The molecule has 0 bridgehead atoms. The molecule has 0 spiro atoms. The molecule has 4 rings (SSSR count). The van der Waals surface area contributed by atoms with Crippen molar-refractivity contribution in [3.8, 4) is 16.9 Å². The van der Waals surface area contributed by atoms with E-state index < -0.39 is 0 Å². The standard InChI is InChI=1S/C24H19ClFN3O/c1-16(27-15-17-7-9-19(25)10-8-17)22-23(18-5-3-2-4-6-18)28-29(24(22)30)21-13-11-20(26)12-14-21/h2-14,28H,15H2,1H3. The molecule has 0 fully saturated rings. The summed E-state index contributed by atoms with van der Waals surface area (Å²) in [6, 6.07) is 22.8. The maximum Gasteiger partial charge on any atom is 0.280 e. The van der Waals surface area contributed by atoms with Crippen molar-refractivity contribution in [2.45, 2.75) is 13.5 Å². The molecule has 1 heterocycles. The maximum absolute atomic E-state index is 13.3. The average Bonchev–Trinajstić information content (AvgIpc) is 3.11. The molecular formula is C24H19ClFN3O. The number of aromatic amines is 1. The fourth-order valence-corrected chi connectivity index (χ4v) is 3.36. The lowest BCUT2D eigenvalue weighted by atomic mass is 10.1. The van der Waals surface area contributed by atoms with Gasteiger partial charge in [-0.05, 0) is 48.9 Å². The Balaban J connectivity index is 1.80. The lowest BCUT2D eigenvalue weighted by molar-refractivity contribution is 0.627. The molecule has 0 atom stereocenters. The Morgan fingerprint density at radius 2 is 1.67 bits per heavy atom. The van der Waals surface area contributed by atoms with Crippen LogP contribution in [0.25, 0.3) is 16.9 Å². The van der Waals surface area contributed by atoms with Crippen LogP contribution < -0.4 is 5.56 Å². The van der Waals surface area contributed by atoms with Gasteiger partial charge in [0.15, 0.2) is 0 Å². The Kier molecular flexibility index (Phi) is 5.63. The molecule has 30 heavy (non-hydrogen) atoms. The number of hydrogen-bond donors (Lipinski definition) is 1. The molecule has 150 valence electrons. The lowest BCUT2D eigenvalue weighted by Gasteiger charge is -2.03. The first-order valence-electron chi connectivity index (χ1n) is 9.45. The molecule has 0 radical (unpaired) electrons. The number of aliphatic imine (C=N–C) groups is 1. The van der Waals surface area contributed by atoms with Crippen LogP contribution in [0, 0.1) is 5.82 Å². The molecule has 0 aliphatic carbocycles. The van der Waals surface area contributed by atoms with E-state index in [1.54, 1.807) is 12.1 Å². The van der Waals surface area contributed by atoms with E-state index in [-0.39, 0.29) is 11.4 Å².